The molecular formula is C15H25N3. The first-order chi connectivity index (χ1) is 8.59. The third-order valence-electron chi connectivity index (χ3n) is 4.27. The average Bonchev–Trinajstić information content (AvgIpc) is 2.41. The number of nitrogens with zero attached hydrogens (tertiary/aromatic N) is 2. The molecule has 1 fully saturated rings. The van der Waals surface area contributed by atoms with Gasteiger partial charge in [-0.05, 0) is 26.5 Å². The summed E-state index contributed by atoms with van der Waals surface area (Å²) in [5.41, 5.74) is 7.63. The molecule has 3 atom stereocenters. The monoisotopic (exact) mass is 247 g/mol. The van der Waals surface area contributed by atoms with Gasteiger partial charge in [0.2, 0.25) is 0 Å². The molecule has 2 rings (SSSR count). The molecular weight excluding hydrogens is 222 g/mol. The van der Waals surface area contributed by atoms with E-state index in [4.69, 9.17) is 5.73 Å². The van der Waals surface area contributed by atoms with E-state index in [1.807, 2.05) is 6.07 Å². The van der Waals surface area contributed by atoms with Crippen molar-refractivity contribution >= 4 is 0 Å². The summed E-state index contributed by atoms with van der Waals surface area (Å²) in [6, 6.07) is 11.5. The van der Waals surface area contributed by atoms with E-state index in [1.54, 1.807) is 0 Å². The van der Waals surface area contributed by atoms with Gasteiger partial charge < -0.3 is 10.6 Å². The smallest absolute Gasteiger partial charge is 0.0450 e. The average molecular weight is 247 g/mol. The topological polar surface area (TPSA) is 32.5 Å². The Hall–Kier alpha value is -0.900. The second-order valence-corrected chi connectivity index (χ2v) is 5.50. The van der Waals surface area contributed by atoms with E-state index in [0.29, 0.717) is 12.1 Å². The molecule has 0 aliphatic carbocycles. The normalized spacial score (nSPS) is 25.9. The Labute approximate surface area is 111 Å². The van der Waals surface area contributed by atoms with Crippen LogP contribution in [0.2, 0.25) is 0 Å². The van der Waals surface area contributed by atoms with Crippen molar-refractivity contribution in [2.75, 3.05) is 26.7 Å². The van der Waals surface area contributed by atoms with E-state index in [-0.39, 0.29) is 6.04 Å². The van der Waals surface area contributed by atoms with Gasteiger partial charge in [0.25, 0.3) is 0 Å². The van der Waals surface area contributed by atoms with Crippen molar-refractivity contribution < 1.29 is 0 Å². The van der Waals surface area contributed by atoms with Gasteiger partial charge >= 0.3 is 0 Å². The second-order valence-electron chi connectivity index (χ2n) is 5.50. The molecule has 3 heteroatoms. The quantitative estimate of drug-likeness (QED) is 0.882. The SMILES string of the molecule is CC1CN(C(C)C(N)c2ccccc2)CCN1C. The lowest BCUT2D eigenvalue weighted by atomic mass is 9.99. The van der Waals surface area contributed by atoms with E-state index >= 15 is 0 Å². The molecule has 1 aliphatic rings. The third-order valence-corrected chi connectivity index (χ3v) is 4.27. The highest BCUT2D eigenvalue weighted by Crippen LogP contribution is 2.20. The highest BCUT2D eigenvalue weighted by Gasteiger charge is 2.27. The molecule has 3 unspecified atom stereocenters. The summed E-state index contributed by atoms with van der Waals surface area (Å²) in [6.45, 7) is 7.89. The van der Waals surface area contributed by atoms with Crippen LogP contribution in [0.4, 0.5) is 0 Å². The molecule has 0 amide bonds. The van der Waals surface area contributed by atoms with Crippen molar-refractivity contribution in [2.24, 2.45) is 5.73 Å². The predicted molar refractivity (Wildman–Crippen MR) is 76.5 cm³/mol. The van der Waals surface area contributed by atoms with Crippen molar-refractivity contribution in [2.45, 2.75) is 32.0 Å². The molecule has 2 N–H and O–H groups in total. The number of benzene rings is 1. The number of rotatable bonds is 3. The van der Waals surface area contributed by atoms with E-state index < -0.39 is 0 Å². The maximum atomic E-state index is 6.39. The molecule has 3 nitrogen and oxygen atoms in total. The molecule has 1 aliphatic heterocycles. The van der Waals surface area contributed by atoms with Gasteiger partial charge in [-0.25, -0.2) is 0 Å². The second kappa shape index (κ2) is 5.83. The molecule has 0 radical (unpaired) electrons. The lowest BCUT2D eigenvalue weighted by molar-refractivity contribution is 0.0686. The van der Waals surface area contributed by atoms with Crippen LogP contribution in [0.1, 0.15) is 25.5 Å². The molecule has 1 aromatic carbocycles. The van der Waals surface area contributed by atoms with Crippen LogP contribution in [0.3, 0.4) is 0 Å². The summed E-state index contributed by atoms with van der Waals surface area (Å²) in [4.78, 5) is 4.93. The van der Waals surface area contributed by atoms with Crippen molar-refractivity contribution in [3.05, 3.63) is 35.9 Å². The highest BCUT2D eigenvalue weighted by atomic mass is 15.3. The molecule has 18 heavy (non-hydrogen) atoms. The van der Waals surface area contributed by atoms with Gasteiger partial charge in [0, 0.05) is 37.8 Å². The van der Waals surface area contributed by atoms with Crippen molar-refractivity contribution in [3.63, 3.8) is 0 Å². The first-order valence-electron chi connectivity index (χ1n) is 6.84. The van der Waals surface area contributed by atoms with Crippen LogP contribution in [0.25, 0.3) is 0 Å². The Morgan fingerprint density at radius 2 is 1.89 bits per heavy atom. The fourth-order valence-corrected chi connectivity index (χ4v) is 2.63. The van der Waals surface area contributed by atoms with Gasteiger partial charge in [0.05, 0.1) is 0 Å². The molecule has 0 spiro atoms. The van der Waals surface area contributed by atoms with Crippen molar-refractivity contribution in [1.82, 2.24) is 9.80 Å². The number of nitrogens with two attached hydrogens (primary N) is 1. The zero-order chi connectivity index (χ0) is 13.1. The van der Waals surface area contributed by atoms with Crippen LogP contribution in [0.5, 0.6) is 0 Å². The number of hydrogen-bond donors (Lipinski definition) is 1. The van der Waals surface area contributed by atoms with Gasteiger partial charge in [0.1, 0.15) is 0 Å². The van der Waals surface area contributed by atoms with Crippen LogP contribution in [0.15, 0.2) is 30.3 Å². The molecule has 1 heterocycles. The number of likely N-dealkylation sites (N-methyl/N-ethyl adjacent to an activating group) is 1. The van der Waals surface area contributed by atoms with E-state index in [9.17, 15) is 0 Å². The Morgan fingerprint density at radius 1 is 1.22 bits per heavy atom. The molecule has 1 aromatic rings. The van der Waals surface area contributed by atoms with Crippen LogP contribution < -0.4 is 5.73 Å². The van der Waals surface area contributed by atoms with Crippen molar-refractivity contribution in [1.29, 1.82) is 0 Å². The summed E-state index contributed by atoms with van der Waals surface area (Å²) in [5.74, 6) is 0. The van der Waals surface area contributed by atoms with Crippen LogP contribution in [-0.2, 0) is 0 Å². The molecule has 100 valence electrons. The van der Waals surface area contributed by atoms with E-state index in [0.717, 1.165) is 19.6 Å². The Bertz CT molecular complexity index is 365. The predicted octanol–water partition coefficient (Wildman–Crippen LogP) is 1.71. The third kappa shape index (κ3) is 2.91. The summed E-state index contributed by atoms with van der Waals surface area (Å²) >= 11 is 0. The lowest BCUT2D eigenvalue weighted by Crippen LogP contribution is -2.54. The van der Waals surface area contributed by atoms with Gasteiger partial charge in [-0.3, -0.25) is 4.90 Å². The Morgan fingerprint density at radius 3 is 2.50 bits per heavy atom. The van der Waals surface area contributed by atoms with Gasteiger partial charge in [-0.2, -0.15) is 0 Å². The maximum Gasteiger partial charge on any atom is 0.0450 e. The summed E-state index contributed by atoms with van der Waals surface area (Å²) < 4.78 is 0. The van der Waals surface area contributed by atoms with Crippen molar-refractivity contribution in [3.8, 4) is 0 Å². The Balaban J connectivity index is 2.01. The maximum absolute atomic E-state index is 6.39. The molecule has 0 bridgehead atoms. The van der Waals surface area contributed by atoms with E-state index in [1.165, 1.54) is 5.56 Å². The summed E-state index contributed by atoms with van der Waals surface area (Å²) in [5, 5.41) is 0. The zero-order valence-electron chi connectivity index (χ0n) is 11.7. The fourth-order valence-electron chi connectivity index (χ4n) is 2.63. The first kappa shape index (κ1) is 13.5. The van der Waals surface area contributed by atoms with Crippen LogP contribution in [-0.4, -0.2) is 48.6 Å². The number of piperazine rings is 1. The Kier molecular flexibility index (Phi) is 4.38. The fraction of sp³-hybridized carbons (Fsp3) is 0.600. The number of hydrogen-bond acceptors (Lipinski definition) is 3. The van der Waals surface area contributed by atoms with Gasteiger partial charge in [-0.15, -0.1) is 0 Å². The minimum Gasteiger partial charge on any atom is -0.323 e. The molecule has 0 saturated carbocycles. The zero-order valence-corrected chi connectivity index (χ0v) is 11.7. The molecule has 1 saturated heterocycles. The lowest BCUT2D eigenvalue weighted by Gasteiger charge is -2.42. The minimum atomic E-state index is 0.0989. The highest BCUT2D eigenvalue weighted by molar-refractivity contribution is 5.20. The molecule has 0 aromatic heterocycles. The summed E-state index contributed by atoms with van der Waals surface area (Å²) in [7, 11) is 2.20. The minimum absolute atomic E-state index is 0.0989. The van der Waals surface area contributed by atoms with Crippen LogP contribution >= 0.6 is 0 Å². The summed E-state index contributed by atoms with van der Waals surface area (Å²) in [6.07, 6.45) is 0. The first-order valence-corrected chi connectivity index (χ1v) is 6.84. The standard InChI is InChI=1S/C15H25N3/c1-12-11-18(10-9-17(12)3)13(2)15(16)14-7-5-4-6-8-14/h4-8,12-13,15H,9-11,16H2,1-3H3. The van der Waals surface area contributed by atoms with E-state index in [2.05, 4.69) is 55.0 Å². The van der Waals surface area contributed by atoms with Gasteiger partial charge in [0.15, 0.2) is 0 Å². The largest absolute Gasteiger partial charge is 0.323 e. The van der Waals surface area contributed by atoms with Gasteiger partial charge in [-0.1, -0.05) is 30.3 Å². The van der Waals surface area contributed by atoms with Crippen LogP contribution in [0, 0.1) is 0 Å².